The molecule has 72 valence electrons. The molecule has 0 amide bonds. The maximum atomic E-state index is 5.61. The number of nitrogens with zero attached hydrogens (tertiary/aromatic N) is 2. The summed E-state index contributed by atoms with van der Waals surface area (Å²) in [4.78, 5) is 0. The summed E-state index contributed by atoms with van der Waals surface area (Å²) in [5, 5.41) is 10.2. The van der Waals surface area contributed by atoms with Gasteiger partial charge in [0.25, 0.3) is 0 Å². The van der Waals surface area contributed by atoms with Crippen molar-refractivity contribution in [2.75, 3.05) is 12.5 Å². The summed E-state index contributed by atoms with van der Waals surface area (Å²) in [5.74, 6) is 0.611. The number of aryl methyl sites for hydroxylation is 1. The van der Waals surface area contributed by atoms with E-state index in [4.69, 9.17) is 16.3 Å². The fourth-order valence-electron chi connectivity index (χ4n) is 1.35. The zero-order valence-corrected chi connectivity index (χ0v) is 8.77. The highest BCUT2D eigenvalue weighted by atomic mass is 35.5. The quantitative estimate of drug-likeness (QED) is 0.730. The van der Waals surface area contributed by atoms with Crippen LogP contribution in [0.15, 0.2) is 0 Å². The molecule has 1 aliphatic rings. The first-order valence-electron chi connectivity index (χ1n) is 4.40. The van der Waals surface area contributed by atoms with Gasteiger partial charge in [-0.25, -0.2) is 0 Å². The first-order chi connectivity index (χ1) is 6.40. The minimum Gasteiger partial charge on any atom is -0.371 e. The van der Waals surface area contributed by atoms with Crippen LogP contribution in [0.4, 0.5) is 0 Å². The third-order valence-electron chi connectivity index (χ3n) is 2.00. The molecular weight excluding hydrogens is 208 g/mol. The summed E-state index contributed by atoms with van der Waals surface area (Å²) in [6.07, 6.45) is 3.22. The van der Waals surface area contributed by atoms with Crippen LogP contribution >= 0.6 is 22.9 Å². The number of aromatic nitrogens is 2. The molecule has 1 fully saturated rings. The van der Waals surface area contributed by atoms with Crippen molar-refractivity contribution in [2.24, 2.45) is 0 Å². The fraction of sp³-hybridized carbons (Fsp3) is 0.750. The average Bonchev–Trinajstić information content (AvgIpc) is 2.70. The molecule has 2 rings (SSSR count). The molecule has 1 unspecified atom stereocenters. The lowest BCUT2D eigenvalue weighted by Gasteiger charge is -2.01. The monoisotopic (exact) mass is 218 g/mol. The molecule has 1 saturated heterocycles. The molecule has 0 aliphatic carbocycles. The van der Waals surface area contributed by atoms with Gasteiger partial charge in [-0.3, -0.25) is 0 Å². The molecular formula is C8H11ClN2OS. The summed E-state index contributed by atoms with van der Waals surface area (Å²) in [6.45, 7) is 0.856. The molecule has 0 bridgehead atoms. The molecule has 0 N–H and O–H groups in total. The molecule has 1 atom stereocenters. The molecule has 1 aliphatic heterocycles. The highest BCUT2D eigenvalue weighted by molar-refractivity contribution is 7.11. The number of hydrogen-bond acceptors (Lipinski definition) is 4. The van der Waals surface area contributed by atoms with Gasteiger partial charge in [-0.15, -0.1) is 21.8 Å². The van der Waals surface area contributed by atoms with Gasteiger partial charge in [-0.2, -0.15) is 0 Å². The van der Waals surface area contributed by atoms with Crippen molar-refractivity contribution < 1.29 is 4.74 Å². The van der Waals surface area contributed by atoms with E-state index in [0.717, 1.165) is 35.9 Å². The number of rotatable bonds is 3. The average molecular weight is 219 g/mol. The molecule has 3 nitrogen and oxygen atoms in total. The van der Waals surface area contributed by atoms with E-state index in [1.54, 1.807) is 11.3 Å². The van der Waals surface area contributed by atoms with Crippen molar-refractivity contribution in [1.29, 1.82) is 0 Å². The third kappa shape index (κ3) is 2.18. The second-order valence-corrected chi connectivity index (χ2v) is 4.45. The molecule has 1 aromatic rings. The smallest absolute Gasteiger partial charge is 0.146 e. The van der Waals surface area contributed by atoms with Gasteiger partial charge in [0.15, 0.2) is 0 Å². The Hall–Kier alpha value is -0.190. The van der Waals surface area contributed by atoms with Crippen LogP contribution in [0.2, 0.25) is 0 Å². The van der Waals surface area contributed by atoms with Crippen molar-refractivity contribution in [1.82, 2.24) is 10.2 Å². The normalized spacial score (nSPS) is 22.4. The van der Waals surface area contributed by atoms with Gasteiger partial charge < -0.3 is 4.74 Å². The second-order valence-electron chi connectivity index (χ2n) is 2.97. The fourth-order valence-corrected chi connectivity index (χ4v) is 2.57. The Morgan fingerprint density at radius 2 is 2.46 bits per heavy atom. The van der Waals surface area contributed by atoms with E-state index in [2.05, 4.69) is 10.2 Å². The third-order valence-corrected chi connectivity index (χ3v) is 3.26. The van der Waals surface area contributed by atoms with Gasteiger partial charge in [0.1, 0.15) is 16.1 Å². The Morgan fingerprint density at radius 3 is 3.15 bits per heavy atom. The van der Waals surface area contributed by atoms with Crippen LogP contribution < -0.4 is 0 Å². The van der Waals surface area contributed by atoms with Crippen molar-refractivity contribution in [2.45, 2.75) is 25.4 Å². The predicted molar refractivity (Wildman–Crippen MR) is 52.3 cm³/mol. The molecule has 0 radical (unpaired) electrons. The zero-order valence-electron chi connectivity index (χ0n) is 7.20. The lowest BCUT2D eigenvalue weighted by atomic mass is 10.2. The van der Waals surface area contributed by atoms with Gasteiger partial charge in [0, 0.05) is 18.9 Å². The van der Waals surface area contributed by atoms with E-state index < -0.39 is 0 Å². The van der Waals surface area contributed by atoms with Gasteiger partial charge in [-0.1, -0.05) is 11.3 Å². The molecule has 13 heavy (non-hydrogen) atoms. The summed E-state index contributed by atoms with van der Waals surface area (Å²) >= 11 is 7.24. The standard InChI is InChI=1S/C8H11ClN2OS/c9-4-3-7-10-11-8(13-7)6-2-1-5-12-6/h6H,1-5H2. The largest absolute Gasteiger partial charge is 0.371 e. The van der Waals surface area contributed by atoms with Crippen LogP contribution in [0, 0.1) is 0 Å². The van der Waals surface area contributed by atoms with Crippen LogP contribution in [0.5, 0.6) is 0 Å². The van der Waals surface area contributed by atoms with E-state index in [1.807, 2.05) is 0 Å². The molecule has 2 heterocycles. The SMILES string of the molecule is ClCCc1nnc(C2CCCO2)s1. The predicted octanol–water partition coefficient (Wildman–Crippen LogP) is 2.17. The summed E-state index contributed by atoms with van der Waals surface area (Å²) in [6, 6.07) is 0. The number of ether oxygens (including phenoxy) is 1. The van der Waals surface area contributed by atoms with Crippen molar-refractivity contribution >= 4 is 22.9 Å². The van der Waals surface area contributed by atoms with Crippen LogP contribution in [0.1, 0.15) is 29.0 Å². The van der Waals surface area contributed by atoms with Gasteiger partial charge >= 0.3 is 0 Å². The lowest BCUT2D eigenvalue weighted by Crippen LogP contribution is -1.93. The molecule has 1 aromatic heterocycles. The van der Waals surface area contributed by atoms with Crippen LogP contribution in [-0.2, 0) is 11.2 Å². The zero-order chi connectivity index (χ0) is 9.10. The lowest BCUT2D eigenvalue weighted by molar-refractivity contribution is 0.111. The summed E-state index contributed by atoms with van der Waals surface area (Å²) < 4.78 is 5.51. The Labute approximate surface area is 86.1 Å². The van der Waals surface area contributed by atoms with E-state index in [0.29, 0.717) is 5.88 Å². The molecule has 0 spiro atoms. The highest BCUT2D eigenvalue weighted by Crippen LogP contribution is 2.30. The number of alkyl halides is 1. The van der Waals surface area contributed by atoms with E-state index in [9.17, 15) is 0 Å². The van der Waals surface area contributed by atoms with E-state index >= 15 is 0 Å². The first-order valence-corrected chi connectivity index (χ1v) is 5.75. The van der Waals surface area contributed by atoms with Gasteiger partial charge in [0.05, 0.1) is 0 Å². The topological polar surface area (TPSA) is 35.0 Å². The maximum absolute atomic E-state index is 5.61. The van der Waals surface area contributed by atoms with Crippen molar-refractivity contribution in [3.8, 4) is 0 Å². The Morgan fingerprint density at radius 1 is 1.54 bits per heavy atom. The highest BCUT2D eigenvalue weighted by Gasteiger charge is 2.21. The maximum Gasteiger partial charge on any atom is 0.146 e. The van der Waals surface area contributed by atoms with Crippen LogP contribution in [0.3, 0.4) is 0 Å². The van der Waals surface area contributed by atoms with Crippen LogP contribution in [-0.4, -0.2) is 22.7 Å². The van der Waals surface area contributed by atoms with E-state index in [1.165, 1.54) is 0 Å². The Balaban J connectivity index is 2.03. The minimum absolute atomic E-state index is 0.196. The van der Waals surface area contributed by atoms with E-state index in [-0.39, 0.29) is 6.10 Å². The van der Waals surface area contributed by atoms with Crippen molar-refractivity contribution in [3.63, 3.8) is 0 Å². The molecule has 0 aromatic carbocycles. The minimum atomic E-state index is 0.196. The second kappa shape index (κ2) is 4.35. The van der Waals surface area contributed by atoms with Crippen LogP contribution in [0.25, 0.3) is 0 Å². The molecule has 0 saturated carbocycles. The first kappa shape index (κ1) is 9.37. The van der Waals surface area contributed by atoms with Crippen molar-refractivity contribution in [3.05, 3.63) is 10.0 Å². The van der Waals surface area contributed by atoms with Gasteiger partial charge in [-0.05, 0) is 12.8 Å². The van der Waals surface area contributed by atoms with Gasteiger partial charge in [0.2, 0.25) is 0 Å². The summed E-state index contributed by atoms with van der Waals surface area (Å²) in [7, 11) is 0. The Kier molecular flexibility index (Phi) is 3.14. The number of hydrogen-bond donors (Lipinski definition) is 0. The molecule has 5 heteroatoms. The Bertz CT molecular complexity index is 273. The summed E-state index contributed by atoms with van der Waals surface area (Å²) in [5.41, 5.74) is 0. The number of halogens is 1.